The number of likely N-dealkylation sites (tertiary alicyclic amines) is 1. The summed E-state index contributed by atoms with van der Waals surface area (Å²) >= 11 is 6.03. The average Bonchev–Trinajstić information content (AvgIpc) is 2.77. The molecule has 1 unspecified atom stereocenters. The minimum atomic E-state index is -4.10. The first-order valence-electron chi connectivity index (χ1n) is 11.3. The maximum Gasteiger partial charge on any atom is 0.264 e. The van der Waals surface area contributed by atoms with Gasteiger partial charge in [-0.3, -0.25) is 9.59 Å². The van der Waals surface area contributed by atoms with Crippen molar-refractivity contribution in [3.05, 3.63) is 77.3 Å². The zero-order valence-corrected chi connectivity index (χ0v) is 20.3. The molecule has 2 aliphatic rings. The molecule has 1 heterocycles. The van der Waals surface area contributed by atoms with Crippen LogP contribution in [0.25, 0.3) is 10.8 Å². The van der Waals surface area contributed by atoms with E-state index in [0.29, 0.717) is 30.8 Å². The van der Waals surface area contributed by atoms with Gasteiger partial charge in [0, 0.05) is 11.6 Å². The number of nitrogens with one attached hydrogen (secondary N) is 1. The van der Waals surface area contributed by atoms with E-state index in [4.69, 9.17) is 11.6 Å². The number of rotatable bonds is 5. The second-order valence-electron chi connectivity index (χ2n) is 9.37. The molecular weight excluding hydrogens is 472 g/mol. The summed E-state index contributed by atoms with van der Waals surface area (Å²) in [6.45, 7) is 2.04. The summed E-state index contributed by atoms with van der Waals surface area (Å²) in [5.74, 6) is -0.820. The standard InChI is InChI=1S/C26H25ClN2O4S/c1-25(23(30)28-34(32,33)22-12-7-18-5-2-3-6-19(18)17-22)15-16-29(25)24(31)26(13-4-14-26)20-8-10-21(27)11-9-20/h2-3,5-12,17H,4,13-16H2,1H3,(H,28,30). The normalized spacial score (nSPS) is 21.4. The van der Waals surface area contributed by atoms with Gasteiger partial charge in [0.25, 0.3) is 15.9 Å². The second kappa shape index (κ2) is 8.10. The molecule has 1 atom stereocenters. The molecule has 2 fully saturated rings. The van der Waals surface area contributed by atoms with Gasteiger partial charge in [-0.05, 0) is 66.8 Å². The lowest BCUT2D eigenvalue weighted by atomic mass is 9.62. The van der Waals surface area contributed by atoms with Crippen LogP contribution in [0.4, 0.5) is 0 Å². The Balaban J connectivity index is 1.38. The lowest BCUT2D eigenvalue weighted by molar-refractivity contribution is -0.163. The Kier molecular flexibility index (Phi) is 5.45. The molecule has 3 aromatic rings. The molecule has 5 rings (SSSR count). The van der Waals surface area contributed by atoms with E-state index in [2.05, 4.69) is 4.72 Å². The molecule has 3 aromatic carbocycles. The number of carbonyl (C=O) groups excluding carboxylic acids is 2. The molecule has 1 N–H and O–H groups in total. The Morgan fingerprint density at radius 2 is 1.62 bits per heavy atom. The smallest absolute Gasteiger partial charge is 0.264 e. The minimum absolute atomic E-state index is 0.0111. The van der Waals surface area contributed by atoms with E-state index in [1.54, 1.807) is 31.2 Å². The zero-order valence-electron chi connectivity index (χ0n) is 18.8. The topological polar surface area (TPSA) is 83.6 Å². The predicted molar refractivity (Wildman–Crippen MR) is 131 cm³/mol. The molecule has 2 amide bonds. The second-order valence-corrected chi connectivity index (χ2v) is 11.5. The van der Waals surface area contributed by atoms with Crippen LogP contribution in [0.3, 0.4) is 0 Å². The van der Waals surface area contributed by atoms with Crippen molar-refractivity contribution in [2.75, 3.05) is 6.54 Å². The minimum Gasteiger partial charge on any atom is -0.327 e. The number of halogens is 1. The van der Waals surface area contributed by atoms with Crippen molar-refractivity contribution in [3.8, 4) is 0 Å². The summed E-state index contributed by atoms with van der Waals surface area (Å²) in [6, 6.07) is 19.4. The third-order valence-corrected chi connectivity index (χ3v) is 9.00. The van der Waals surface area contributed by atoms with Gasteiger partial charge >= 0.3 is 0 Å². The van der Waals surface area contributed by atoms with E-state index in [0.717, 1.165) is 22.8 Å². The van der Waals surface area contributed by atoms with Gasteiger partial charge < -0.3 is 4.90 Å². The molecule has 1 aliphatic carbocycles. The molecule has 1 saturated heterocycles. The highest BCUT2D eigenvalue weighted by molar-refractivity contribution is 7.90. The third-order valence-electron chi connectivity index (χ3n) is 7.42. The number of nitrogens with zero attached hydrogens (tertiary/aromatic N) is 1. The summed E-state index contributed by atoms with van der Waals surface area (Å²) in [6.07, 6.45) is 2.70. The summed E-state index contributed by atoms with van der Waals surface area (Å²) in [5.41, 5.74) is -1.04. The summed E-state index contributed by atoms with van der Waals surface area (Å²) in [7, 11) is -4.10. The Labute approximate surface area is 204 Å². The third kappa shape index (κ3) is 3.58. The van der Waals surface area contributed by atoms with E-state index in [1.807, 2.05) is 36.4 Å². The van der Waals surface area contributed by atoms with Crippen molar-refractivity contribution in [1.29, 1.82) is 0 Å². The quantitative estimate of drug-likeness (QED) is 0.567. The number of sulfonamides is 1. The molecule has 0 spiro atoms. The number of carbonyl (C=O) groups is 2. The van der Waals surface area contributed by atoms with Gasteiger partial charge in [0.1, 0.15) is 5.54 Å². The van der Waals surface area contributed by atoms with Gasteiger partial charge in [0.05, 0.1) is 10.3 Å². The van der Waals surface area contributed by atoms with Crippen LogP contribution in [0.15, 0.2) is 71.6 Å². The van der Waals surface area contributed by atoms with Crippen LogP contribution in [0.1, 0.15) is 38.2 Å². The molecule has 34 heavy (non-hydrogen) atoms. The van der Waals surface area contributed by atoms with Crippen LogP contribution in [-0.2, 0) is 25.0 Å². The first-order valence-corrected chi connectivity index (χ1v) is 13.2. The van der Waals surface area contributed by atoms with E-state index in [9.17, 15) is 18.0 Å². The summed E-state index contributed by atoms with van der Waals surface area (Å²) in [4.78, 5) is 28.5. The van der Waals surface area contributed by atoms with Crippen molar-refractivity contribution >= 4 is 44.2 Å². The fourth-order valence-electron chi connectivity index (χ4n) is 4.93. The van der Waals surface area contributed by atoms with Gasteiger partial charge in [-0.25, -0.2) is 13.1 Å². The maximum atomic E-state index is 13.7. The van der Waals surface area contributed by atoms with Gasteiger partial charge in [-0.1, -0.05) is 60.5 Å². The van der Waals surface area contributed by atoms with Crippen molar-refractivity contribution in [1.82, 2.24) is 9.62 Å². The van der Waals surface area contributed by atoms with Gasteiger partial charge in [0.2, 0.25) is 5.91 Å². The van der Waals surface area contributed by atoms with Crippen LogP contribution >= 0.6 is 11.6 Å². The number of amides is 2. The molecule has 0 aromatic heterocycles. The molecule has 0 radical (unpaired) electrons. The van der Waals surface area contributed by atoms with Crippen LogP contribution in [0.5, 0.6) is 0 Å². The lowest BCUT2D eigenvalue weighted by Crippen LogP contribution is -2.71. The fraction of sp³-hybridized carbons (Fsp3) is 0.308. The van der Waals surface area contributed by atoms with E-state index < -0.39 is 26.9 Å². The monoisotopic (exact) mass is 496 g/mol. The molecule has 0 bridgehead atoms. The summed E-state index contributed by atoms with van der Waals surface area (Å²) in [5, 5.41) is 2.26. The van der Waals surface area contributed by atoms with Crippen molar-refractivity contribution < 1.29 is 18.0 Å². The maximum absolute atomic E-state index is 13.7. The number of hydrogen-bond donors (Lipinski definition) is 1. The van der Waals surface area contributed by atoms with Gasteiger partial charge in [-0.2, -0.15) is 0 Å². The SMILES string of the molecule is CC1(C(=O)NS(=O)(=O)c2ccc3ccccc3c2)CCN1C(=O)C1(c2ccc(Cl)cc2)CCC1. The van der Waals surface area contributed by atoms with Gasteiger partial charge in [-0.15, -0.1) is 0 Å². The first kappa shape index (κ1) is 22.9. The highest BCUT2D eigenvalue weighted by Crippen LogP contribution is 2.48. The molecular formula is C26H25ClN2O4S. The van der Waals surface area contributed by atoms with E-state index >= 15 is 0 Å². The highest BCUT2D eigenvalue weighted by Gasteiger charge is 2.57. The molecule has 1 aliphatic heterocycles. The number of benzene rings is 3. The van der Waals surface area contributed by atoms with Crippen LogP contribution < -0.4 is 4.72 Å². The molecule has 8 heteroatoms. The van der Waals surface area contributed by atoms with Gasteiger partial charge in [0.15, 0.2) is 0 Å². The Hall–Kier alpha value is -2.90. The first-order chi connectivity index (χ1) is 16.2. The largest absolute Gasteiger partial charge is 0.327 e. The Morgan fingerprint density at radius 1 is 0.941 bits per heavy atom. The number of fused-ring (bicyclic) bond motifs is 1. The van der Waals surface area contributed by atoms with Crippen LogP contribution in [0.2, 0.25) is 5.02 Å². The van der Waals surface area contributed by atoms with Crippen LogP contribution in [0, 0.1) is 0 Å². The lowest BCUT2D eigenvalue weighted by Gasteiger charge is -2.54. The van der Waals surface area contributed by atoms with Crippen molar-refractivity contribution in [2.24, 2.45) is 0 Å². The van der Waals surface area contributed by atoms with Crippen molar-refractivity contribution in [3.63, 3.8) is 0 Å². The summed E-state index contributed by atoms with van der Waals surface area (Å²) < 4.78 is 28.3. The average molecular weight is 497 g/mol. The van der Waals surface area contributed by atoms with Crippen molar-refractivity contribution in [2.45, 2.75) is 48.5 Å². The zero-order chi connectivity index (χ0) is 24.1. The molecule has 1 saturated carbocycles. The number of hydrogen-bond acceptors (Lipinski definition) is 4. The Bertz CT molecular complexity index is 1400. The molecule has 176 valence electrons. The highest BCUT2D eigenvalue weighted by atomic mass is 35.5. The molecule has 6 nitrogen and oxygen atoms in total. The fourth-order valence-corrected chi connectivity index (χ4v) is 6.17. The van der Waals surface area contributed by atoms with E-state index in [1.165, 1.54) is 11.0 Å². The van der Waals surface area contributed by atoms with E-state index in [-0.39, 0.29) is 10.8 Å². The predicted octanol–water partition coefficient (Wildman–Crippen LogP) is 4.41. The van der Waals surface area contributed by atoms with Crippen LogP contribution in [-0.4, -0.2) is 37.2 Å². The Morgan fingerprint density at radius 3 is 2.21 bits per heavy atom.